The topological polar surface area (TPSA) is 59.5 Å². The Labute approximate surface area is 165 Å². The summed E-state index contributed by atoms with van der Waals surface area (Å²) in [6.45, 7) is 1.21. The zero-order valence-corrected chi connectivity index (χ0v) is 16.0. The SMILES string of the molecule is NCCCCCN1C(=O)C(=Cc2ccc(-c3ccc(F)c(F)c3)o2)SC1=S. The van der Waals surface area contributed by atoms with Crippen molar-refractivity contribution in [2.45, 2.75) is 19.3 Å². The average molecular weight is 408 g/mol. The van der Waals surface area contributed by atoms with Gasteiger partial charge in [-0.15, -0.1) is 0 Å². The molecule has 0 aliphatic carbocycles. The summed E-state index contributed by atoms with van der Waals surface area (Å²) in [6.07, 6.45) is 4.33. The highest BCUT2D eigenvalue weighted by Crippen LogP contribution is 2.34. The van der Waals surface area contributed by atoms with Crippen molar-refractivity contribution >= 4 is 40.3 Å². The van der Waals surface area contributed by atoms with Crippen LogP contribution in [0.1, 0.15) is 25.0 Å². The van der Waals surface area contributed by atoms with Crippen LogP contribution in [0.4, 0.5) is 8.78 Å². The van der Waals surface area contributed by atoms with E-state index in [1.54, 1.807) is 23.1 Å². The molecule has 0 saturated carbocycles. The van der Waals surface area contributed by atoms with Gasteiger partial charge in [0.1, 0.15) is 15.8 Å². The number of unbranched alkanes of at least 4 members (excludes halogenated alkanes) is 2. The molecule has 1 aromatic carbocycles. The molecular weight excluding hydrogens is 390 g/mol. The van der Waals surface area contributed by atoms with E-state index in [0.717, 1.165) is 31.4 Å². The van der Waals surface area contributed by atoms with Crippen LogP contribution in [-0.4, -0.2) is 28.2 Å². The number of carbonyl (C=O) groups is 1. The lowest BCUT2D eigenvalue weighted by atomic mass is 10.1. The van der Waals surface area contributed by atoms with Gasteiger partial charge in [0.25, 0.3) is 5.91 Å². The van der Waals surface area contributed by atoms with Crippen molar-refractivity contribution in [1.29, 1.82) is 0 Å². The summed E-state index contributed by atoms with van der Waals surface area (Å²) in [5.41, 5.74) is 5.89. The van der Waals surface area contributed by atoms with E-state index >= 15 is 0 Å². The van der Waals surface area contributed by atoms with E-state index in [2.05, 4.69) is 0 Å². The Balaban J connectivity index is 1.71. The van der Waals surface area contributed by atoms with Crippen molar-refractivity contribution in [3.05, 3.63) is 52.6 Å². The van der Waals surface area contributed by atoms with Gasteiger partial charge >= 0.3 is 0 Å². The van der Waals surface area contributed by atoms with Crippen LogP contribution in [0.5, 0.6) is 0 Å². The Hall–Kier alpha value is -2.03. The van der Waals surface area contributed by atoms with Crippen molar-refractivity contribution in [2.24, 2.45) is 5.73 Å². The molecule has 0 spiro atoms. The molecule has 2 aromatic rings. The van der Waals surface area contributed by atoms with Crippen LogP contribution < -0.4 is 5.73 Å². The number of furan rings is 1. The number of thioether (sulfide) groups is 1. The summed E-state index contributed by atoms with van der Waals surface area (Å²) in [6, 6.07) is 6.86. The Kier molecular flexibility index (Phi) is 6.41. The minimum absolute atomic E-state index is 0.150. The second kappa shape index (κ2) is 8.77. The van der Waals surface area contributed by atoms with Gasteiger partial charge in [-0.25, -0.2) is 8.78 Å². The molecule has 0 radical (unpaired) electrons. The van der Waals surface area contributed by atoms with E-state index in [0.29, 0.717) is 39.4 Å². The quantitative estimate of drug-likeness (QED) is 0.414. The highest BCUT2D eigenvalue weighted by atomic mass is 32.2. The maximum atomic E-state index is 13.4. The van der Waals surface area contributed by atoms with Crippen molar-refractivity contribution in [3.8, 4) is 11.3 Å². The monoisotopic (exact) mass is 408 g/mol. The third-order valence-electron chi connectivity index (χ3n) is 4.06. The number of thiocarbonyl (C=S) groups is 1. The summed E-state index contributed by atoms with van der Waals surface area (Å²) < 4.78 is 32.6. The van der Waals surface area contributed by atoms with Crippen LogP contribution in [0, 0.1) is 11.6 Å². The molecule has 1 fully saturated rings. The zero-order chi connectivity index (χ0) is 19.4. The molecule has 0 unspecified atom stereocenters. The Morgan fingerprint density at radius 1 is 1.15 bits per heavy atom. The van der Waals surface area contributed by atoms with Crippen LogP contribution in [0.2, 0.25) is 0 Å². The molecule has 1 aliphatic rings. The number of benzene rings is 1. The van der Waals surface area contributed by atoms with Crippen molar-refractivity contribution < 1.29 is 18.0 Å². The van der Waals surface area contributed by atoms with Crippen molar-refractivity contribution in [1.82, 2.24) is 4.90 Å². The first kappa shape index (κ1) is 19.7. The summed E-state index contributed by atoms with van der Waals surface area (Å²) >= 11 is 6.52. The van der Waals surface area contributed by atoms with Gasteiger partial charge in [-0.1, -0.05) is 30.4 Å². The summed E-state index contributed by atoms with van der Waals surface area (Å²) in [7, 11) is 0. The fourth-order valence-electron chi connectivity index (χ4n) is 2.65. The van der Waals surface area contributed by atoms with Gasteiger partial charge in [0, 0.05) is 18.2 Å². The smallest absolute Gasteiger partial charge is 0.266 e. The molecule has 1 aromatic heterocycles. The summed E-state index contributed by atoms with van der Waals surface area (Å²) in [5.74, 6) is -1.18. The average Bonchev–Trinajstić information content (AvgIpc) is 3.21. The van der Waals surface area contributed by atoms with Crippen molar-refractivity contribution in [3.63, 3.8) is 0 Å². The Morgan fingerprint density at radius 3 is 2.70 bits per heavy atom. The molecule has 1 aliphatic heterocycles. The fourth-order valence-corrected chi connectivity index (χ4v) is 3.94. The first-order valence-corrected chi connectivity index (χ1v) is 9.73. The van der Waals surface area contributed by atoms with E-state index in [9.17, 15) is 13.6 Å². The van der Waals surface area contributed by atoms with E-state index in [1.165, 1.54) is 17.8 Å². The minimum atomic E-state index is -0.944. The number of nitrogens with zero attached hydrogens (tertiary/aromatic N) is 1. The van der Waals surface area contributed by atoms with Gasteiger partial charge in [0.2, 0.25) is 0 Å². The number of halogens is 2. The lowest BCUT2D eigenvalue weighted by molar-refractivity contribution is -0.122. The maximum absolute atomic E-state index is 13.4. The summed E-state index contributed by atoms with van der Waals surface area (Å²) in [4.78, 5) is 14.6. The van der Waals surface area contributed by atoms with E-state index < -0.39 is 11.6 Å². The molecule has 142 valence electrons. The Morgan fingerprint density at radius 2 is 1.96 bits per heavy atom. The molecule has 1 saturated heterocycles. The largest absolute Gasteiger partial charge is 0.457 e. The van der Waals surface area contributed by atoms with Crippen LogP contribution in [0.25, 0.3) is 17.4 Å². The highest BCUT2D eigenvalue weighted by Gasteiger charge is 2.31. The van der Waals surface area contributed by atoms with Gasteiger partial charge in [-0.2, -0.15) is 0 Å². The number of hydrogen-bond donors (Lipinski definition) is 1. The number of amides is 1. The van der Waals surface area contributed by atoms with Crippen LogP contribution in [0.15, 0.2) is 39.7 Å². The normalized spacial score (nSPS) is 16.0. The van der Waals surface area contributed by atoms with Crippen LogP contribution in [-0.2, 0) is 4.79 Å². The van der Waals surface area contributed by atoms with Gasteiger partial charge in [0.15, 0.2) is 11.6 Å². The zero-order valence-electron chi connectivity index (χ0n) is 14.4. The van der Waals surface area contributed by atoms with Crippen molar-refractivity contribution in [2.75, 3.05) is 13.1 Å². The van der Waals surface area contributed by atoms with Gasteiger partial charge < -0.3 is 10.2 Å². The third kappa shape index (κ3) is 4.63. The first-order chi connectivity index (χ1) is 13.0. The highest BCUT2D eigenvalue weighted by molar-refractivity contribution is 8.26. The predicted molar refractivity (Wildman–Crippen MR) is 107 cm³/mol. The molecular formula is C19H18F2N2O2S2. The minimum Gasteiger partial charge on any atom is -0.457 e. The number of hydrogen-bond acceptors (Lipinski definition) is 5. The standard InChI is InChI=1S/C19H18F2N2O2S2/c20-14-6-4-12(10-15(14)21)16-7-5-13(25-16)11-17-18(24)23(19(26)27-17)9-3-1-2-8-22/h4-7,10-11H,1-3,8-9,22H2. The third-order valence-corrected chi connectivity index (χ3v) is 5.44. The lowest BCUT2D eigenvalue weighted by Gasteiger charge is -2.13. The van der Waals surface area contributed by atoms with E-state index in [1.807, 2.05) is 0 Å². The maximum Gasteiger partial charge on any atom is 0.266 e. The first-order valence-electron chi connectivity index (χ1n) is 8.50. The summed E-state index contributed by atoms with van der Waals surface area (Å²) in [5, 5.41) is 0. The molecule has 0 atom stereocenters. The van der Waals surface area contributed by atoms with Gasteiger partial charge in [0.05, 0.1) is 4.91 Å². The number of carbonyl (C=O) groups excluding carboxylic acids is 1. The fraction of sp³-hybridized carbons (Fsp3) is 0.263. The molecule has 0 bridgehead atoms. The molecule has 4 nitrogen and oxygen atoms in total. The lowest BCUT2D eigenvalue weighted by Crippen LogP contribution is -2.29. The second-order valence-corrected chi connectivity index (χ2v) is 7.69. The van der Waals surface area contributed by atoms with Gasteiger partial charge in [-0.3, -0.25) is 9.69 Å². The number of nitrogens with two attached hydrogens (primary N) is 1. The van der Waals surface area contributed by atoms with Crippen LogP contribution >= 0.6 is 24.0 Å². The van der Waals surface area contributed by atoms with Gasteiger partial charge in [-0.05, 0) is 49.7 Å². The molecule has 27 heavy (non-hydrogen) atoms. The molecule has 8 heteroatoms. The molecule has 2 heterocycles. The van der Waals surface area contributed by atoms with E-state index in [-0.39, 0.29) is 5.91 Å². The second-order valence-electron chi connectivity index (χ2n) is 6.01. The molecule has 3 rings (SSSR count). The molecule has 1 amide bonds. The van der Waals surface area contributed by atoms with Crippen LogP contribution in [0.3, 0.4) is 0 Å². The predicted octanol–water partition coefficient (Wildman–Crippen LogP) is 4.56. The Bertz CT molecular complexity index is 896. The molecule has 2 N–H and O–H groups in total. The van der Waals surface area contributed by atoms with E-state index in [4.69, 9.17) is 22.4 Å². The number of rotatable bonds is 7.